The molecule has 1 aromatic carbocycles. The highest BCUT2D eigenvalue weighted by Crippen LogP contribution is 2.31. The Bertz CT molecular complexity index is 655. The van der Waals surface area contributed by atoms with Crippen molar-refractivity contribution in [3.63, 3.8) is 0 Å². The fourth-order valence-corrected chi connectivity index (χ4v) is 1.82. The van der Waals surface area contributed by atoms with E-state index in [-0.39, 0.29) is 0 Å². The van der Waals surface area contributed by atoms with Crippen molar-refractivity contribution in [1.82, 2.24) is 5.32 Å². The van der Waals surface area contributed by atoms with Crippen molar-refractivity contribution >= 4 is 24.0 Å². The highest BCUT2D eigenvalue weighted by molar-refractivity contribution is 5.97. The lowest BCUT2D eigenvalue weighted by Gasteiger charge is -2.18. The van der Waals surface area contributed by atoms with Crippen molar-refractivity contribution in [2.75, 3.05) is 13.2 Å². The van der Waals surface area contributed by atoms with Crippen LogP contribution in [0.3, 0.4) is 0 Å². The summed E-state index contributed by atoms with van der Waals surface area (Å²) in [6.07, 6.45) is 1.54. The van der Waals surface area contributed by atoms with Crippen molar-refractivity contribution in [2.24, 2.45) is 5.73 Å². The third-order valence-electron chi connectivity index (χ3n) is 2.89. The number of carbonyl (C=O) groups excluding carboxylic acids is 3. The molecule has 0 bridgehead atoms. The van der Waals surface area contributed by atoms with E-state index in [0.29, 0.717) is 30.3 Å². The standard InChI is InChI=1S/C15H16N2O6/c1-9(14(19)17-15(16)20)23-13(18)5-3-10-2-4-11-12(8-10)22-7-6-21-11/h2-5,8-9H,6-7H2,1H3,(H3,16,17,19,20)/b5-3+/t9-/m1/s1. The van der Waals surface area contributed by atoms with E-state index in [1.54, 1.807) is 18.2 Å². The lowest BCUT2D eigenvalue weighted by Crippen LogP contribution is -2.42. The number of fused-ring (bicyclic) bond motifs is 1. The lowest BCUT2D eigenvalue weighted by molar-refractivity contribution is -0.149. The maximum atomic E-state index is 11.6. The summed E-state index contributed by atoms with van der Waals surface area (Å²) in [6.45, 7) is 2.29. The van der Waals surface area contributed by atoms with Crippen LogP contribution in [0.2, 0.25) is 0 Å². The molecular formula is C15H16N2O6. The highest BCUT2D eigenvalue weighted by Gasteiger charge is 2.17. The number of ether oxygens (including phenoxy) is 3. The molecule has 0 spiro atoms. The fraction of sp³-hybridized carbons (Fsp3) is 0.267. The van der Waals surface area contributed by atoms with E-state index < -0.39 is 24.0 Å². The van der Waals surface area contributed by atoms with E-state index in [1.807, 2.05) is 5.32 Å². The van der Waals surface area contributed by atoms with Crippen molar-refractivity contribution < 1.29 is 28.6 Å². The summed E-state index contributed by atoms with van der Waals surface area (Å²) >= 11 is 0. The lowest BCUT2D eigenvalue weighted by atomic mass is 10.2. The summed E-state index contributed by atoms with van der Waals surface area (Å²) in [5.41, 5.74) is 5.51. The molecular weight excluding hydrogens is 304 g/mol. The van der Waals surface area contributed by atoms with Gasteiger partial charge in [-0.3, -0.25) is 10.1 Å². The zero-order chi connectivity index (χ0) is 16.8. The van der Waals surface area contributed by atoms with Gasteiger partial charge in [0.05, 0.1) is 0 Å². The number of nitrogens with two attached hydrogens (primary N) is 1. The van der Waals surface area contributed by atoms with Crippen molar-refractivity contribution in [1.29, 1.82) is 0 Å². The largest absolute Gasteiger partial charge is 0.486 e. The van der Waals surface area contributed by atoms with E-state index in [4.69, 9.17) is 19.9 Å². The molecule has 0 unspecified atom stereocenters. The molecule has 1 heterocycles. The number of rotatable bonds is 4. The molecule has 0 saturated carbocycles. The second-order valence-corrected chi connectivity index (χ2v) is 4.67. The molecule has 3 N–H and O–H groups in total. The minimum absolute atomic E-state index is 0.467. The quantitative estimate of drug-likeness (QED) is 0.619. The van der Waals surface area contributed by atoms with Gasteiger partial charge in [-0.2, -0.15) is 0 Å². The molecule has 0 aromatic heterocycles. The second-order valence-electron chi connectivity index (χ2n) is 4.67. The Kier molecular flexibility index (Phi) is 5.19. The smallest absolute Gasteiger partial charge is 0.331 e. The van der Waals surface area contributed by atoms with Crippen LogP contribution in [0.5, 0.6) is 11.5 Å². The Morgan fingerprint density at radius 2 is 1.96 bits per heavy atom. The van der Waals surface area contributed by atoms with Gasteiger partial charge in [0.15, 0.2) is 17.6 Å². The van der Waals surface area contributed by atoms with Crippen LogP contribution in [-0.2, 0) is 14.3 Å². The van der Waals surface area contributed by atoms with E-state index in [2.05, 4.69) is 0 Å². The summed E-state index contributed by atoms with van der Waals surface area (Å²) in [4.78, 5) is 33.6. The predicted octanol–water partition coefficient (Wildman–Crippen LogP) is 0.598. The topological polar surface area (TPSA) is 117 Å². The zero-order valence-electron chi connectivity index (χ0n) is 12.4. The first-order valence-electron chi connectivity index (χ1n) is 6.84. The predicted molar refractivity (Wildman–Crippen MR) is 79.7 cm³/mol. The highest BCUT2D eigenvalue weighted by atomic mass is 16.6. The van der Waals surface area contributed by atoms with Crippen molar-refractivity contribution in [3.8, 4) is 11.5 Å². The zero-order valence-corrected chi connectivity index (χ0v) is 12.4. The normalized spacial score (nSPS) is 14.1. The first kappa shape index (κ1) is 16.3. The molecule has 0 aliphatic carbocycles. The van der Waals surface area contributed by atoms with E-state index in [0.717, 1.165) is 0 Å². The number of hydrogen-bond donors (Lipinski definition) is 2. The molecule has 2 rings (SSSR count). The molecule has 122 valence electrons. The van der Waals surface area contributed by atoms with Gasteiger partial charge in [-0.15, -0.1) is 0 Å². The number of hydrogen-bond acceptors (Lipinski definition) is 6. The number of nitrogens with one attached hydrogen (secondary N) is 1. The number of benzene rings is 1. The van der Waals surface area contributed by atoms with Crippen LogP contribution in [0, 0.1) is 0 Å². The SMILES string of the molecule is C[C@@H](OC(=O)/C=C/c1ccc2c(c1)OCCO2)C(=O)NC(N)=O. The van der Waals surface area contributed by atoms with E-state index in [9.17, 15) is 14.4 Å². The molecule has 8 heteroatoms. The summed E-state index contributed by atoms with van der Waals surface area (Å²) in [5.74, 6) is -0.278. The van der Waals surface area contributed by atoms with Gasteiger partial charge in [0, 0.05) is 6.08 Å². The summed E-state index contributed by atoms with van der Waals surface area (Å²) in [6, 6.07) is 4.20. The van der Waals surface area contributed by atoms with Gasteiger partial charge in [0.1, 0.15) is 13.2 Å². The number of esters is 1. The summed E-state index contributed by atoms with van der Waals surface area (Å²) in [5, 5.41) is 1.82. The molecule has 0 saturated heterocycles. The van der Waals surface area contributed by atoms with Crippen LogP contribution in [0.1, 0.15) is 12.5 Å². The Labute approximate surface area is 132 Å². The average molecular weight is 320 g/mol. The maximum Gasteiger partial charge on any atom is 0.331 e. The van der Waals surface area contributed by atoms with Gasteiger partial charge in [-0.1, -0.05) is 6.07 Å². The van der Waals surface area contributed by atoms with Crippen molar-refractivity contribution in [3.05, 3.63) is 29.8 Å². The molecule has 3 amide bonds. The monoisotopic (exact) mass is 320 g/mol. The van der Waals surface area contributed by atoms with Crippen LogP contribution < -0.4 is 20.5 Å². The minimum atomic E-state index is -1.14. The van der Waals surface area contributed by atoms with Gasteiger partial charge >= 0.3 is 12.0 Å². The molecule has 1 atom stereocenters. The summed E-state index contributed by atoms with van der Waals surface area (Å²) in [7, 11) is 0. The Morgan fingerprint density at radius 1 is 1.26 bits per heavy atom. The van der Waals surface area contributed by atoms with Crippen LogP contribution in [0.4, 0.5) is 4.79 Å². The molecule has 23 heavy (non-hydrogen) atoms. The van der Waals surface area contributed by atoms with E-state index in [1.165, 1.54) is 19.1 Å². The molecule has 8 nitrogen and oxygen atoms in total. The van der Waals surface area contributed by atoms with Gasteiger partial charge in [-0.05, 0) is 30.7 Å². The maximum absolute atomic E-state index is 11.6. The first-order valence-corrected chi connectivity index (χ1v) is 6.84. The molecule has 0 radical (unpaired) electrons. The van der Waals surface area contributed by atoms with Crippen LogP contribution in [0.15, 0.2) is 24.3 Å². The number of urea groups is 1. The van der Waals surface area contributed by atoms with Crippen LogP contribution >= 0.6 is 0 Å². The average Bonchev–Trinajstić information content (AvgIpc) is 2.52. The third-order valence-corrected chi connectivity index (χ3v) is 2.89. The van der Waals surface area contributed by atoms with Crippen LogP contribution in [-0.4, -0.2) is 37.2 Å². The molecule has 1 aromatic rings. The number of imide groups is 1. The number of amides is 3. The van der Waals surface area contributed by atoms with Crippen molar-refractivity contribution in [2.45, 2.75) is 13.0 Å². The number of carbonyl (C=O) groups is 3. The van der Waals surface area contributed by atoms with Gasteiger partial charge in [-0.25, -0.2) is 9.59 Å². The molecule has 0 fully saturated rings. The van der Waals surface area contributed by atoms with Crippen LogP contribution in [0.25, 0.3) is 6.08 Å². The Morgan fingerprint density at radius 3 is 2.65 bits per heavy atom. The van der Waals surface area contributed by atoms with Gasteiger partial charge < -0.3 is 19.9 Å². The Balaban J connectivity index is 1.93. The third kappa shape index (κ3) is 4.73. The van der Waals surface area contributed by atoms with Gasteiger partial charge in [0.25, 0.3) is 5.91 Å². The number of primary amides is 1. The fourth-order valence-electron chi connectivity index (χ4n) is 1.82. The molecule has 1 aliphatic rings. The Hall–Kier alpha value is -3.03. The second kappa shape index (κ2) is 7.30. The molecule has 1 aliphatic heterocycles. The van der Waals surface area contributed by atoms with E-state index >= 15 is 0 Å². The first-order chi connectivity index (χ1) is 11.0. The summed E-state index contributed by atoms with van der Waals surface area (Å²) < 4.78 is 15.7. The minimum Gasteiger partial charge on any atom is -0.486 e. The van der Waals surface area contributed by atoms with Gasteiger partial charge in [0.2, 0.25) is 0 Å².